The van der Waals surface area contributed by atoms with E-state index in [1.165, 1.54) is 30.5 Å². The van der Waals surface area contributed by atoms with Crippen molar-refractivity contribution in [3.05, 3.63) is 47.7 Å². The maximum absolute atomic E-state index is 13.1. The van der Waals surface area contributed by atoms with Crippen LogP contribution in [0.25, 0.3) is 0 Å². The van der Waals surface area contributed by atoms with Gasteiger partial charge in [0.1, 0.15) is 17.3 Å². The fraction of sp³-hybridized carbons (Fsp3) is 0. The number of hydrogen-bond acceptors (Lipinski definition) is 1. The van der Waals surface area contributed by atoms with E-state index in [2.05, 4.69) is 10.5 Å². The molecule has 0 spiro atoms. The van der Waals surface area contributed by atoms with E-state index in [1.54, 1.807) is 0 Å². The predicted molar refractivity (Wildman–Crippen MR) is 44.2 cm³/mol. The summed E-state index contributed by atoms with van der Waals surface area (Å²) in [6.07, 6.45) is 2.85. The molecule has 65 valence electrons. The molecular weight excluding hydrogens is 174 g/mol. The zero-order chi connectivity index (χ0) is 9.26. The summed E-state index contributed by atoms with van der Waals surface area (Å²) in [5, 5.41) is 3.58. The fourth-order valence-corrected chi connectivity index (χ4v) is 1.11. The standard InChI is InChI=1S/C9H5F2N2/c10-6-2-1-3-7(11)9(6)8-4-5-12-13-8/h1-5H. The van der Waals surface area contributed by atoms with Crippen LogP contribution in [0.15, 0.2) is 35.6 Å². The molecule has 2 rings (SSSR count). The molecule has 0 aromatic heterocycles. The molecule has 0 bridgehead atoms. The summed E-state index contributed by atoms with van der Waals surface area (Å²) in [5.41, 5.74) is 3.59. The molecule has 13 heavy (non-hydrogen) atoms. The van der Waals surface area contributed by atoms with Crippen LogP contribution in [0.1, 0.15) is 5.56 Å². The van der Waals surface area contributed by atoms with Crippen molar-refractivity contribution < 1.29 is 8.78 Å². The minimum absolute atomic E-state index is 0.125. The average molecular weight is 179 g/mol. The lowest BCUT2D eigenvalue weighted by atomic mass is 10.1. The largest absolute Gasteiger partial charge is 0.206 e. The summed E-state index contributed by atoms with van der Waals surface area (Å²) in [4.78, 5) is 0. The molecule has 0 amide bonds. The number of hydrogen-bond donors (Lipinski definition) is 0. The van der Waals surface area contributed by atoms with Crippen molar-refractivity contribution in [2.45, 2.75) is 0 Å². The van der Waals surface area contributed by atoms with Crippen LogP contribution in [0.4, 0.5) is 8.78 Å². The SMILES string of the molecule is Fc1cccc(F)c1C1=N[N]C=C1. The average Bonchev–Trinajstić information content (AvgIpc) is 2.57. The van der Waals surface area contributed by atoms with Crippen LogP contribution in [0, 0.1) is 11.6 Å². The van der Waals surface area contributed by atoms with E-state index in [-0.39, 0.29) is 11.3 Å². The molecule has 0 fully saturated rings. The van der Waals surface area contributed by atoms with Crippen LogP contribution in [-0.2, 0) is 0 Å². The van der Waals surface area contributed by atoms with E-state index >= 15 is 0 Å². The van der Waals surface area contributed by atoms with Crippen LogP contribution < -0.4 is 5.43 Å². The van der Waals surface area contributed by atoms with Gasteiger partial charge in [0.05, 0.1) is 11.8 Å². The smallest absolute Gasteiger partial charge is 0.135 e. The van der Waals surface area contributed by atoms with Crippen LogP contribution in [0.3, 0.4) is 0 Å². The molecule has 0 saturated carbocycles. The minimum atomic E-state index is -0.625. The van der Waals surface area contributed by atoms with Crippen molar-refractivity contribution in [1.82, 2.24) is 5.43 Å². The van der Waals surface area contributed by atoms with Crippen LogP contribution in [0.2, 0.25) is 0 Å². The molecular formula is C9H5F2N2. The first-order valence-electron chi connectivity index (χ1n) is 3.68. The van der Waals surface area contributed by atoms with Crippen molar-refractivity contribution in [3.8, 4) is 0 Å². The van der Waals surface area contributed by atoms with Gasteiger partial charge in [0.25, 0.3) is 0 Å². The van der Waals surface area contributed by atoms with Gasteiger partial charge in [-0.2, -0.15) is 10.5 Å². The summed E-state index contributed by atoms with van der Waals surface area (Å²) < 4.78 is 26.2. The van der Waals surface area contributed by atoms with E-state index in [0.717, 1.165) is 0 Å². The highest BCUT2D eigenvalue weighted by molar-refractivity contribution is 6.09. The second-order valence-electron chi connectivity index (χ2n) is 2.51. The van der Waals surface area contributed by atoms with E-state index in [9.17, 15) is 8.78 Å². The van der Waals surface area contributed by atoms with Gasteiger partial charge in [-0.3, -0.25) is 0 Å². The van der Waals surface area contributed by atoms with Gasteiger partial charge >= 0.3 is 0 Å². The van der Waals surface area contributed by atoms with Gasteiger partial charge in [-0.1, -0.05) is 6.07 Å². The van der Waals surface area contributed by atoms with Gasteiger partial charge in [-0.05, 0) is 18.2 Å². The molecule has 1 aromatic rings. The number of rotatable bonds is 1. The second-order valence-corrected chi connectivity index (χ2v) is 2.51. The Bertz CT molecular complexity index is 376. The third-order valence-electron chi connectivity index (χ3n) is 1.68. The lowest BCUT2D eigenvalue weighted by Gasteiger charge is -2.00. The summed E-state index contributed by atoms with van der Waals surface area (Å²) in [5.74, 6) is -1.25. The molecule has 1 aliphatic heterocycles. The molecule has 1 aromatic carbocycles. The quantitative estimate of drug-likeness (QED) is 0.628. The Hall–Kier alpha value is -1.71. The van der Waals surface area contributed by atoms with Gasteiger partial charge in [0, 0.05) is 0 Å². The van der Waals surface area contributed by atoms with Gasteiger partial charge < -0.3 is 0 Å². The summed E-state index contributed by atoms with van der Waals surface area (Å²) in [6.45, 7) is 0. The first kappa shape index (κ1) is 7.91. The second kappa shape index (κ2) is 2.97. The highest BCUT2D eigenvalue weighted by Gasteiger charge is 2.14. The monoisotopic (exact) mass is 179 g/mol. The molecule has 1 radical (unpaired) electrons. The Morgan fingerprint density at radius 1 is 1.08 bits per heavy atom. The van der Waals surface area contributed by atoms with Crippen molar-refractivity contribution >= 4 is 5.71 Å². The normalized spacial score (nSPS) is 14.2. The number of allylic oxidation sites excluding steroid dienone is 1. The van der Waals surface area contributed by atoms with E-state index in [1.807, 2.05) is 0 Å². The summed E-state index contributed by atoms with van der Waals surface area (Å²) in [6, 6.07) is 3.69. The van der Waals surface area contributed by atoms with Crippen molar-refractivity contribution in [1.29, 1.82) is 0 Å². The first-order chi connectivity index (χ1) is 6.29. The Morgan fingerprint density at radius 2 is 1.77 bits per heavy atom. The summed E-state index contributed by atoms with van der Waals surface area (Å²) >= 11 is 0. The topological polar surface area (TPSA) is 26.5 Å². The molecule has 0 atom stereocenters. The van der Waals surface area contributed by atoms with Gasteiger partial charge in [0.2, 0.25) is 0 Å². The third-order valence-corrected chi connectivity index (χ3v) is 1.68. The highest BCUT2D eigenvalue weighted by Crippen LogP contribution is 2.15. The Labute approximate surface area is 73.6 Å². The molecule has 0 saturated heterocycles. The van der Waals surface area contributed by atoms with E-state index in [0.29, 0.717) is 0 Å². The minimum Gasteiger partial charge on any atom is -0.206 e. The maximum Gasteiger partial charge on any atom is 0.135 e. The van der Waals surface area contributed by atoms with Gasteiger partial charge in [-0.15, -0.1) is 0 Å². The van der Waals surface area contributed by atoms with Crippen molar-refractivity contribution in [2.75, 3.05) is 0 Å². The molecule has 4 heteroatoms. The molecule has 0 unspecified atom stereocenters. The Morgan fingerprint density at radius 3 is 2.31 bits per heavy atom. The lowest BCUT2D eigenvalue weighted by molar-refractivity contribution is 0.579. The van der Waals surface area contributed by atoms with Crippen LogP contribution in [-0.4, -0.2) is 5.71 Å². The van der Waals surface area contributed by atoms with Crippen LogP contribution in [0.5, 0.6) is 0 Å². The van der Waals surface area contributed by atoms with Crippen molar-refractivity contribution in [3.63, 3.8) is 0 Å². The molecule has 0 N–H and O–H groups in total. The van der Waals surface area contributed by atoms with Gasteiger partial charge in [-0.25, -0.2) is 8.78 Å². The lowest BCUT2D eigenvalue weighted by Crippen LogP contribution is -2.02. The fourth-order valence-electron chi connectivity index (χ4n) is 1.11. The third kappa shape index (κ3) is 1.30. The zero-order valence-electron chi connectivity index (χ0n) is 6.54. The Balaban J connectivity index is 2.56. The number of nitrogens with zero attached hydrogens (tertiary/aromatic N) is 2. The van der Waals surface area contributed by atoms with E-state index < -0.39 is 11.6 Å². The predicted octanol–water partition coefficient (Wildman–Crippen LogP) is 1.80. The number of benzene rings is 1. The van der Waals surface area contributed by atoms with E-state index in [4.69, 9.17) is 0 Å². The zero-order valence-corrected chi connectivity index (χ0v) is 6.54. The Kier molecular flexibility index (Phi) is 1.81. The van der Waals surface area contributed by atoms with Crippen molar-refractivity contribution in [2.24, 2.45) is 5.10 Å². The first-order valence-corrected chi connectivity index (χ1v) is 3.68. The molecule has 0 aliphatic carbocycles. The molecule has 1 heterocycles. The maximum atomic E-state index is 13.1. The molecule has 1 aliphatic rings. The number of halogens is 2. The highest BCUT2D eigenvalue weighted by atomic mass is 19.1. The summed E-state index contributed by atoms with van der Waals surface area (Å²) in [7, 11) is 0. The van der Waals surface area contributed by atoms with Crippen LogP contribution >= 0.6 is 0 Å². The molecule has 2 nitrogen and oxygen atoms in total. The van der Waals surface area contributed by atoms with Gasteiger partial charge in [0.15, 0.2) is 0 Å².